The lowest BCUT2D eigenvalue weighted by Gasteiger charge is -2.10. The SMILES string of the molecule is CC1=C(C)/C(C)=C(/O)CCCCCCCC/C=C\1. The summed E-state index contributed by atoms with van der Waals surface area (Å²) in [5.41, 5.74) is 3.56. The third-order valence-electron chi connectivity index (χ3n) is 3.99. The van der Waals surface area contributed by atoms with Crippen LogP contribution in [0.25, 0.3) is 0 Å². The molecule has 0 fully saturated rings. The summed E-state index contributed by atoms with van der Waals surface area (Å²) in [4.78, 5) is 0. The molecule has 0 unspecified atom stereocenters. The molecule has 0 aromatic rings. The fraction of sp³-hybridized carbons (Fsp3) is 0.647. The molecular weight excluding hydrogens is 220 g/mol. The van der Waals surface area contributed by atoms with E-state index in [1.807, 2.05) is 6.92 Å². The zero-order chi connectivity index (χ0) is 13.4. The van der Waals surface area contributed by atoms with E-state index in [0.29, 0.717) is 5.76 Å². The number of aliphatic hydroxyl groups excluding tert-OH is 1. The lowest BCUT2D eigenvalue weighted by Crippen LogP contribution is -1.93. The van der Waals surface area contributed by atoms with E-state index in [1.165, 1.54) is 49.7 Å². The van der Waals surface area contributed by atoms with E-state index in [1.54, 1.807) is 0 Å². The van der Waals surface area contributed by atoms with E-state index in [4.69, 9.17) is 0 Å². The molecule has 18 heavy (non-hydrogen) atoms. The number of hydrogen-bond acceptors (Lipinski definition) is 1. The molecule has 1 rings (SSSR count). The maximum absolute atomic E-state index is 10.1. The molecule has 0 atom stereocenters. The standard InChI is InChI=1S/C17H28O/c1-14-12-10-8-6-4-5-7-9-11-13-17(18)16(3)15(14)2/h10,12,18H,4-9,11,13H2,1-3H3/b12-10-,15-14-,17-16+. The molecule has 0 aromatic carbocycles. The quantitative estimate of drug-likeness (QED) is 0.570. The van der Waals surface area contributed by atoms with Gasteiger partial charge in [-0.1, -0.05) is 37.8 Å². The summed E-state index contributed by atoms with van der Waals surface area (Å²) in [6.45, 7) is 6.28. The van der Waals surface area contributed by atoms with Crippen molar-refractivity contribution >= 4 is 0 Å². The van der Waals surface area contributed by atoms with Crippen molar-refractivity contribution in [1.82, 2.24) is 0 Å². The Labute approximate surface area is 112 Å². The number of aliphatic hydroxyl groups is 1. The van der Waals surface area contributed by atoms with E-state index in [0.717, 1.165) is 18.4 Å². The van der Waals surface area contributed by atoms with Crippen LogP contribution in [0.3, 0.4) is 0 Å². The summed E-state index contributed by atoms with van der Waals surface area (Å²) >= 11 is 0. The van der Waals surface area contributed by atoms with Crippen LogP contribution in [0.2, 0.25) is 0 Å². The van der Waals surface area contributed by atoms with Gasteiger partial charge >= 0.3 is 0 Å². The highest BCUT2D eigenvalue weighted by atomic mass is 16.3. The van der Waals surface area contributed by atoms with Crippen molar-refractivity contribution in [3.05, 3.63) is 34.6 Å². The second-order valence-corrected chi connectivity index (χ2v) is 5.44. The minimum absolute atomic E-state index is 0.581. The second-order valence-electron chi connectivity index (χ2n) is 5.44. The van der Waals surface area contributed by atoms with Gasteiger partial charge in [0.2, 0.25) is 0 Å². The maximum atomic E-state index is 10.1. The van der Waals surface area contributed by atoms with E-state index in [2.05, 4.69) is 26.0 Å². The normalized spacial score (nSPS) is 30.8. The van der Waals surface area contributed by atoms with Crippen LogP contribution in [0.4, 0.5) is 0 Å². The molecule has 1 aliphatic carbocycles. The first-order valence-corrected chi connectivity index (χ1v) is 7.36. The highest BCUT2D eigenvalue weighted by molar-refractivity contribution is 5.37. The van der Waals surface area contributed by atoms with Gasteiger partial charge in [-0.3, -0.25) is 0 Å². The van der Waals surface area contributed by atoms with Gasteiger partial charge in [-0.05, 0) is 56.8 Å². The molecule has 0 saturated heterocycles. The van der Waals surface area contributed by atoms with Crippen LogP contribution in [-0.4, -0.2) is 5.11 Å². The van der Waals surface area contributed by atoms with Crippen LogP contribution in [0.1, 0.15) is 72.1 Å². The Hall–Kier alpha value is -0.980. The first-order chi connectivity index (χ1) is 8.63. The van der Waals surface area contributed by atoms with E-state index in [-0.39, 0.29) is 0 Å². The van der Waals surface area contributed by atoms with Gasteiger partial charge < -0.3 is 5.11 Å². The second kappa shape index (κ2) is 8.18. The third kappa shape index (κ3) is 5.12. The van der Waals surface area contributed by atoms with Crippen LogP contribution in [0, 0.1) is 0 Å². The predicted molar refractivity (Wildman–Crippen MR) is 79.8 cm³/mol. The fourth-order valence-corrected chi connectivity index (χ4v) is 2.35. The molecule has 0 spiro atoms. The summed E-state index contributed by atoms with van der Waals surface area (Å²) in [6, 6.07) is 0. The minimum atomic E-state index is 0.581. The van der Waals surface area contributed by atoms with Gasteiger partial charge in [-0.25, -0.2) is 0 Å². The number of hydrogen-bond donors (Lipinski definition) is 1. The Balaban J connectivity index is 2.83. The largest absolute Gasteiger partial charge is 0.512 e. The van der Waals surface area contributed by atoms with Gasteiger partial charge in [0.25, 0.3) is 0 Å². The van der Waals surface area contributed by atoms with Crippen molar-refractivity contribution in [2.75, 3.05) is 0 Å². The number of allylic oxidation sites excluding steroid dienone is 6. The van der Waals surface area contributed by atoms with Gasteiger partial charge in [0.15, 0.2) is 0 Å². The molecule has 102 valence electrons. The Kier molecular flexibility index (Phi) is 6.85. The lowest BCUT2D eigenvalue weighted by atomic mass is 9.98. The highest BCUT2D eigenvalue weighted by Gasteiger charge is 2.05. The Bertz CT molecular complexity index is 345. The van der Waals surface area contributed by atoms with Gasteiger partial charge in [0.05, 0.1) is 5.76 Å². The summed E-state index contributed by atoms with van der Waals surface area (Å²) in [7, 11) is 0. The van der Waals surface area contributed by atoms with Crippen LogP contribution in [0.15, 0.2) is 34.6 Å². The van der Waals surface area contributed by atoms with E-state index >= 15 is 0 Å². The molecule has 0 saturated carbocycles. The van der Waals surface area contributed by atoms with Crippen LogP contribution >= 0.6 is 0 Å². The first kappa shape index (κ1) is 15.1. The molecule has 1 heteroatoms. The summed E-state index contributed by atoms with van der Waals surface area (Å²) in [5, 5.41) is 10.1. The zero-order valence-corrected chi connectivity index (χ0v) is 12.3. The lowest BCUT2D eigenvalue weighted by molar-refractivity contribution is 0.374. The molecule has 0 bridgehead atoms. The smallest absolute Gasteiger partial charge is 0.0954 e. The van der Waals surface area contributed by atoms with Gasteiger partial charge in [-0.15, -0.1) is 0 Å². The topological polar surface area (TPSA) is 20.2 Å². The zero-order valence-electron chi connectivity index (χ0n) is 12.3. The third-order valence-corrected chi connectivity index (χ3v) is 3.99. The summed E-state index contributed by atoms with van der Waals surface area (Å²) < 4.78 is 0. The average molecular weight is 248 g/mol. The first-order valence-electron chi connectivity index (χ1n) is 7.36. The van der Waals surface area contributed by atoms with Crippen molar-refractivity contribution in [1.29, 1.82) is 0 Å². The molecule has 0 amide bonds. The molecule has 0 aromatic heterocycles. The average Bonchev–Trinajstić information content (AvgIpc) is 2.37. The molecule has 1 nitrogen and oxygen atoms in total. The van der Waals surface area contributed by atoms with Crippen molar-refractivity contribution < 1.29 is 5.11 Å². The van der Waals surface area contributed by atoms with Crippen molar-refractivity contribution in [2.24, 2.45) is 0 Å². The van der Waals surface area contributed by atoms with Crippen LogP contribution in [0.5, 0.6) is 0 Å². The summed E-state index contributed by atoms with van der Waals surface area (Å²) in [6.07, 6.45) is 14.2. The highest BCUT2D eigenvalue weighted by Crippen LogP contribution is 2.21. The van der Waals surface area contributed by atoms with Crippen molar-refractivity contribution in [2.45, 2.75) is 72.1 Å². The van der Waals surface area contributed by atoms with Crippen LogP contribution < -0.4 is 0 Å². The Morgan fingerprint density at radius 3 is 2.17 bits per heavy atom. The summed E-state index contributed by atoms with van der Waals surface area (Å²) in [5.74, 6) is 0.581. The van der Waals surface area contributed by atoms with Crippen LogP contribution in [-0.2, 0) is 0 Å². The molecule has 0 radical (unpaired) electrons. The van der Waals surface area contributed by atoms with Crippen molar-refractivity contribution in [3.63, 3.8) is 0 Å². The van der Waals surface area contributed by atoms with E-state index in [9.17, 15) is 5.11 Å². The van der Waals surface area contributed by atoms with E-state index < -0.39 is 0 Å². The minimum Gasteiger partial charge on any atom is -0.512 e. The molecule has 1 aliphatic rings. The molecule has 0 heterocycles. The van der Waals surface area contributed by atoms with Gasteiger partial charge in [0.1, 0.15) is 0 Å². The van der Waals surface area contributed by atoms with Gasteiger partial charge in [0, 0.05) is 6.42 Å². The fourth-order valence-electron chi connectivity index (χ4n) is 2.35. The molecule has 1 N–H and O–H groups in total. The number of rotatable bonds is 0. The van der Waals surface area contributed by atoms with Crippen molar-refractivity contribution in [3.8, 4) is 0 Å². The molecule has 0 aliphatic heterocycles. The Morgan fingerprint density at radius 2 is 1.44 bits per heavy atom. The monoisotopic (exact) mass is 248 g/mol. The maximum Gasteiger partial charge on any atom is 0.0954 e. The Morgan fingerprint density at radius 1 is 0.833 bits per heavy atom. The molecular formula is C17H28O. The van der Waals surface area contributed by atoms with Gasteiger partial charge in [-0.2, -0.15) is 0 Å². The predicted octanol–water partition coefficient (Wildman–Crippen LogP) is 5.85.